The molecule has 2 heterocycles. The predicted octanol–water partition coefficient (Wildman–Crippen LogP) is 2.01. The summed E-state index contributed by atoms with van der Waals surface area (Å²) >= 11 is 0. The lowest BCUT2D eigenvalue weighted by atomic mass is 9.94. The van der Waals surface area contributed by atoms with E-state index in [0.29, 0.717) is 18.6 Å². The van der Waals surface area contributed by atoms with Crippen molar-refractivity contribution in [2.24, 2.45) is 5.92 Å². The molecule has 0 bridgehead atoms. The van der Waals surface area contributed by atoms with E-state index in [1.807, 2.05) is 35.2 Å². The molecule has 19 heavy (non-hydrogen) atoms. The van der Waals surface area contributed by atoms with E-state index in [0.717, 1.165) is 38.0 Å². The van der Waals surface area contributed by atoms with Crippen LogP contribution < -0.4 is 5.32 Å². The molecule has 102 valence electrons. The number of rotatable bonds is 2. The molecule has 1 aromatic rings. The van der Waals surface area contributed by atoms with Crippen LogP contribution in [-0.2, 0) is 11.3 Å². The van der Waals surface area contributed by atoms with Gasteiger partial charge in [-0.05, 0) is 37.4 Å². The highest BCUT2D eigenvalue weighted by molar-refractivity contribution is 5.68. The van der Waals surface area contributed by atoms with Crippen molar-refractivity contribution in [3.63, 3.8) is 0 Å². The molecular formula is C15H20N2O2. The normalized spacial score (nSPS) is 26.0. The van der Waals surface area contributed by atoms with Crippen molar-refractivity contribution < 1.29 is 9.53 Å². The summed E-state index contributed by atoms with van der Waals surface area (Å²) in [4.78, 5) is 14.1. The Balaban J connectivity index is 1.56. The molecule has 2 unspecified atom stereocenters. The van der Waals surface area contributed by atoms with Gasteiger partial charge >= 0.3 is 6.09 Å². The number of piperidine rings is 1. The van der Waals surface area contributed by atoms with E-state index in [2.05, 4.69) is 5.32 Å². The number of nitrogens with zero attached hydrogens (tertiary/aromatic N) is 1. The van der Waals surface area contributed by atoms with Gasteiger partial charge in [0.15, 0.2) is 0 Å². The van der Waals surface area contributed by atoms with Crippen LogP contribution in [0.25, 0.3) is 0 Å². The van der Waals surface area contributed by atoms with Gasteiger partial charge in [-0.2, -0.15) is 0 Å². The molecule has 2 fully saturated rings. The third kappa shape index (κ3) is 2.73. The average molecular weight is 260 g/mol. The summed E-state index contributed by atoms with van der Waals surface area (Å²) in [5.41, 5.74) is 1.04. The molecule has 1 aromatic carbocycles. The summed E-state index contributed by atoms with van der Waals surface area (Å²) in [6.45, 7) is 3.24. The zero-order valence-electron chi connectivity index (χ0n) is 11.0. The van der Waals surface area contributed by atoms with Gasteiger partial charge in [-0.25, -0.2) is 4.79 Å². The summed E-state index contributed by atoms with van der Waals surface area (Å²) in [7, 11) is 0. The Labute approximate surface area is 113 Å². The van der Waals surface area contributed by atoms with Crippen molar-refractivity contribution in [1.82, 2.24) is 10.2 Å². The van der Waals surface area contributed by atoms with Gasteiger partial charge in [-0.1, -0.05) is 30.3 Å². The van der Waals surface area contributed by atoms with Gasteiger partial charge < -0.3 is 15.0 Å². The van der Waals surface area contributed by atoms with Gasteiger partial charge in [0.25, 0.3) is 0 Å². The van der Waals surface area contributed by atoms with Crippen molar-refractivity contribution in [2.75, 3.05) is 19.6 Å². The number of amides is 1. The van der Waals surface area contributed by atoms with Crippen LogP contribution in [0.4, 0.5) is 4.79 Å². The molecule has 4 heteroatoms. The fraction of sp³-hybridized carbons (Fsp3) is 0.533. The Hall–Kier alpha value is -1.55. The van der Waals surface area contributed by atoms with Crippen LogP contribution in [0, 0.1) is 5.92 Å². The Morgan fingerprint density at radius 1 is 1.32 bits per heavy atom. The van der Waals surface area contributed by atoms with Crippen LogP contribution in [0.5, 0.6) is 0 Å². The Morgan fingerprint density at radius 2 is 2.16 bits per heavy atom. The van der Waals surface area contributed by atoms with Gasteiger partial charge in [-0.3, -0.25) is 0 Å². The second-order valence-corrected chi connectivity index (χ2v) is 5.34. The third-order valence-electron chi connectivity index (χ3n) is 4.15. The third-order valence-corrected chi connectivity index (χ3v) is 4.15. The number of benzene rings is 1. The lowest BCUT2D eigenvalue weighted by Gasteiger charge is -2.31. The van der Waals surface area contributed by atoms with Crippen molar-refractivity contribution in [1.29, 1.82) is 0 Å². The first kappa shape index (κ1) is 12.5. The van der Waals surface area contributed by atoms with Gasteiger partial charge in [0.2, 0.25) is 0 Å². The van der Waals surface area contributed by atoms with Crippen LogP contribution in [0.3, 0.4) is 0 Å². The van der Waals surface area contributed by atoms with Crippen LogP contribution in [0.1, 0.15) is 18.4 Å². The number of nitrogens with one attached hydrogen (secondary N) is 1. The van der Waals surface area contributed by atoms with Crippen molar-refractivity contribution in [3.8, 4) is 0 Å². The lowest BCUT2D eigenvalue weighted by Crippen LogP contribution is -2.45. The van der Waals surface area contributed by atoms with E-state index in [-0.39, 0.29) is 6.09 Å². The summed E-state index contributed by atoms with van der Waals surface area (Å²) < 4.78 is 5.43. The zero-order valence-corrected chi connectivity index (χ0v) is 11.0. The molecule has 2 atom stereocenters. The fourth-order valence-electron chi connectivity index (χ4n) is 3.11. The Bertz CT molecular complexity index is 435. The van der Waals surface area contributed by atoms with Crippen LogP contribution in [0.2, 0.25) is 0 Å². The maximum Gasteiger partial charge on any atom is 0.410 e. The van der Waals surface area contributed by atoms with E-state index in [1.54, 1.807) is 0 Å². The first-order valence-corrected chi connectivity index (χ1v) is 7.02. The van der Waals surface area contributed by atoms with Crippen LogP contribution in [0.15, 0.2) is 30.3 Å². The highest BCUT2D eigenvalue weighted by Gasteiger charge is 2.38. The molecule has 2 aliphatic rings. The standard InChI is InChI=1S/C15H20N2O2/c18-15(19-11-12-4-2-1-3-5-12)17-9-7-13-10-16-8-6-14(13)17/h1-5,13-14,16H,6-11H2. The second kappa shape index (κ2) is 5.61. The number of ether oxygens (including phenoxy) is 1. The minimum atomic E-state index is -0.154. The molecule has 2 aliphatic heterocycles. The highest BCUT2D eigenvalue weighted by atomic mass is 16.6. The maximum absolute atomic E-state index is 12.2. The molecule has 2 saturated heterocycles. The number of likely N-dealkylation sites (tertiary alicyclic amines) is 1. The molecule has 0 aromatic heterocycles. The molecule has 0 aliphatic carbocycles. The van der Waals surface area contributed by atoms with Gasteiger partial charge in [0.05, 0.1) is 0 Å². The van der Waals surface area contributed by atoms with E-state index in [1.165, 1.54) is 0 Å². The first-order chi connectivity index (χ1) is 9.34. The largest absolute Gasteiger partial charge is 0.445 e. The van der Waals surface area contributed by atoms with Gasteiger partial charge in [0, 0.05) is 12.6 Å². The molecular weight excluding hydrogens is 240 g/mol. The van der Waals surface area contributed by atoms with Crippen LogP contribution in [-0.4, -0.2) is 36.7 Å². The van der Waals surface area contributed by atoms with Gasteiger partial charge in [0.1, 0.15) is 6.61 Å². The fourth-order valence-corrected chi connectivity index (χ4v) is 3.11. The van der Waals surface area contributed by atoms with Crippen molar-refractivity contribution >= 4 is 6.09 Å². The number of carbonyl (C=O) groups excluding carboxylic acids is 1. The molecule has 0 spiro atoms. The molecule has 1 amide bonds. The van der Waals surface area contributed by atoms with Crippen molar-refractivity contribution in [2.45, 2.75) is 25.5 Å². The number of hydrogen-bond donors (Lipinski definition) is 1. The summed E-state index contributed by atoms with van der Waals surface area (Å²) in [5, 5.41) is 3.39. The predicted molar refractivity (Wildman–Crippen MR) is 72.7 cm³/mol. The maximum atomic E-state index is 12.2. The monoisotopic (exact) mass is 260 g/mol. The zero-order chi connectivity index (χ0) is 13.1. The summed E-state index contributed by atoms with van der Waals surface area (Å²) in [6, 6.07) is 10.2. The summed E-state index contributed by atoms with van der Waals surface area (Å²) in [5.74, 6) is 0.609. The van der Waals surface area contributed by atoms with E-state index in [4.69, 9.17) is 4.74 Å². The highest BCUT2D eigenvalue weighted by Crippen LogP contribution is 2.29. The van der Waals surface area contributed by atoms with E-state index >= 15 is 0 Å². The Morgan fingerprint density at radius 3 is 3.00 bits per heavy atom. The molecule has 3 rings (SSSR count). The number of fused-ring (bicyclic) bond motifs is 1. The lowest BCUT2D eigenvalue weighted by molar-refractivity contribution is 0.0838. The molecule has 4 nitrogen and oxygen atoms in total. The Kier molecular flexibility index (Phi) is 3.69. The van der Waals surface area contributed by atoms with Crippen LogP contribution >= 0.6 is 0 Å². The molecule has 0 saturated carbocycles. The minimum Gasteiger partial charge on any atom is -0.445 e. The van der Waals surface area contributed by atoms with Crippen molar-refractivity contribution in [3.05, 3.63) is 35.9 Å². The average Bonchev–Trinajstić information content (AvgIpc) is 2.90. The smallest absolute Gasteiger partial charge is 0.410 e. The topological polar surface area (TPSA) is 41.6 Å². The first-order valence-electron chi connectivity index (χ1n) is 7.02. The second-order valence-electron chi connectivity index (χ2n) is 5.34. The molecule has 1 N–H and O–H groups in total. The van der Waals surface area contributed by atoms with Gasteiger partial charge in [-0.15, -0.1) is 0 Å². The minimum absolute atomic E-state index is 0.154. The quantitative estimate of drug-likeness (QED) is 0.884. The SMILES string of the molecule is O=C(OCc1ccccc1)N1CCC2CNCCC21. The summed E-state index contributed by atoms with van der Waals surface area (Å²) in [6.07, 6.45) is 1.99. The van der Waals surface area contributed by atoms with E-state index < -0.39 is 0 Å². The molecule has 0 radical (unpaired) electrons. The van der Waals surface area contributed by atoms with E-state index in [9.17, 15) is 4.79 Å². The number of carbonyl (C=O) groups is 1. The number of hydrogen-bond acceptors (Lipinski definition) is 3.